The highest BCUT2D eigenvalue weighted by Crippen LogP contribution is 2.40. The molecule has 138 valence electrons. The number of ether oxygens (including phenoxy) is 1. The lowest BCUT2D eigenvalue weighted by Gasteiger charge is -2.18. The van der Waals surface area contributed by atoms with Gasteiger partial charge in [-0.2, -0.15) is 4.98 Å². The van der Waals surface area contributed by atoms with E-state index in [1.54, 1.807) is 18.1 Å². The SMILES string of the molecule is COc1cccc(C(=O)N2CC(CO)C(c3nc(C4CC4)no3)C2)c1C. The first-order valence-electron chi connectivity index (χ1n) is 8.99. The van der Waals surface area contributed by atoms with Crippen molar-refractivity contribution in [1.82, 2.24) is 15.0 Å². The number of hydrogen-bond donors (Lipinski definition) is 1. The van der Waals surface area contributed by atoms with Gasteiger partial charge in [-0.15, -0.1) is 0 Å². The number of hydrogen-bond acceptors (Lipinski definition) is 6. The summed E-state index contributed by atoms with van der Waals surface area (Å²) >= 11 is 0. The molecule has 1 N–H and O–H groups in total. The normalized spacial score (nSPS) is 22.7. The molecule has 2 fully saturated rings. The number of rotatable bonds is 5. The van der Waals surface area contributed by atoms with Crippen LogP contribution in [0, 0.1) is 12.8 Å². The van der Waals surface area contributed by atoms with E-state index in [1.807, 2.05) is 19.1 Å². The summed E-state index contributed by atoms with van der Waals surface area (Å²) in [5, 5.41) is 13.9. The summed E-state index contributed by atoms with van der Waals surface area (Å²) in [5.74, 6) is 2.10. The third kappa shape index (κ3) is 2.96. The molecule has 7 heteroatoms. The number of aliphatic hydroxyl groups excluding tert-OH is 1. The predicted octanol–water partition coefficient (Wildman–Crippen LogP) is 2.11. The summed E-state index contributed by atoms with van der Waals surface area (Å²) in [4.78, 5) is 19.3. The molecule has 0 spiro atoms. The number of benzene rings is 1. The molecule has 7 nitrogen and oxygen atoms in total. The molecule has 0 bridgehead atoms. The van der Waals surface area contributed by atoms with E-state index in [9.17, 15) is 9.90 Å². The maximum absolute atomic E-state index is 13.0. The summed E-state index contributed by atoms with van der Waals surface area (Å²) in [6, 6.07) is 5.46. The van der Waals surface area contributed by atoms with Crippen LogP contribution in [-0.2, 0) is 0 Å². The average Bonchev–Trinajstić information content (AvgIpc) is 3.23. The van der Waals surface area contributed by atoms with Gasteiger partial charge in [-0.25, -0.2) is 0 Å². The maximum atomic E-state index is 13.0. The Kier molecular flexibility index (Phi) is 4.40. The number of aromatic nitrogens is 2. The number of carbonyl (C=O) groups is 1. The Hall–Kier alpha value is -2.41. The second-order valence-electron chi connectivity index (χ2n) is 7.16. The first-order chi connectivity index (χ1) is 12.6. The molecule has 1 aliphatic heterocycles. The summed E-state index contributed by atoms with van der Waals surface area (Å²) in [5.41, 5.74) is 1.43. The van der Waals surface area contributed by atoms with Gasteiger partial charge in [0, 0.05) is 42.7 Å². The molecule has 1 saturated carbocycles. The van der Waals surface area contributed by atoms with E-state index in [0.717, 1.165) is 24.2 Å². The molecule has 1 aromatic carbocycles. The fraction of sp³-hybridized carbons (Fsp3) is 0.526. The highest BCUT2D eigenvalue weighted by atomic mass is 16.5. The number of carbonyl (C=O) groups excluding carboxylic acids is 1. The number of methoxy groups -OCH3 is 1. The molecule has 4 rings (SSSR count). The van der Waals surface area contributed by atoms with E-state index in [0.29, 0.717) is 36.2 Å². The van der Waals surface area contributed by atoms with Gasteiger partial charge in [0.2, 0.25) is 5.89 Å². The van der Waals surface area contributed by atoms with Crippen molar-refractivity contribution in [1.29, 1.82) is 0 Å². The number of likely N-dealkylation sites (tertiary alicyclic amines) is 1. The second-order valence-corrected chi connectivity index (χ2v) is 7.16. The van der Waals surface area contributed by atoms with Crippen molar-refractivity contribution in [3.05, 3.63) is 41.0 Å². The molecule has 1 amide bonds. The fourth-order valence-electron chi connectivity index (χ4n) is 3.64. The smallest absolute Gasteiger partial charge is 0.254 e. The van der Waals surface area contributed by atoms with Gasteiger partial charge in [-0.05, 0) is 31.9 Å². The van der Waals surface area contributed by atoms with E-state index in [4.69, 9.17) is 9.26 Å². The van der Waals surface area contributed by atoms with E-state index in [2.05, 4.69) is 10.1 Å². The third-order valence-electron chi connectivity index (χ3n) is 5.41. The predicted molar refractivity (Wildman–Crippen MR) is 93.2 cm³/mol. The Morgan fingerprint density at radius 3 is 2.88 bits per heavy atom. The van der Waals surface area contributed by atoms with Gasteiger partial charge in [-0.3, -0.25) is 4.79 Å². The minimum Gasteiger partial charge on any atom is -0.496 e. The van der Waals surface area contributed by atoms with Crippen LogP contribution in [0.2, 0.25) is 0 Å². The standard InChI is InChI=1S/C19H23N3O4/c1-11-14(4-3-5-16(11)25-2)19(24)22-8-13(10-23)15(9-22)18-20-17(21-26-18)12-6-7-12/h3-5,12-13,15,23H,6-10H2,1-2H3. The first kappa shape index (κ1) is 17.0. The maximum Gasteiger partial charge on any atom is 0.254 e. The van der Waals surface area contributed by atoms with E-state index >= 15 is 0 Å². The van der Waals surface area contributed by atoms with Gasteiger partial charge >= 0.3 is 0 Å². The summed E-state index contributed by atoms with van der Waals surface area (Å²) in [7, 11) is 1.59. The lowest BCUT2D eigenvalue weighted by atomic mass is 9.97. The Bertz CT molecular complexity index is 815. The third-order valence-corrected chi connectivity index (χ3v) is 5.41. The zero-order valence-corrected chi connectivity index (χ0v) is 15.0. The molecule has 2 aromatic rings. The van der Waals surface area contributed by atoms with E-state index in [-0.39, 0.29) is 24.3 Å². The van der Waals surface area contributed by atoms with Gasteiger partial charge < -0.3 is 19.3 Å². The molecular formula is C19H23N3O4. The van der Waals surface area contributed by atoms with Crippen molar-refractivity contribution in [2.24, 2.45) is 5.92 Å². The Labute approximate surface area is 152 Å². The summed E-state index contributed by atoms with van der Waals surface area (Å²) < 4.78 is 10.8. The van der Waals surface area contributed by atoms with E-state index in [1.165, 1.54) is 0 Å². The second kappa shape index (κ2) is 6.72. The highest BCUT2D eigenvalue weighted by molar-refractivity contribution is 5.96. The van der Waals surface area contributed by atoms with Crippen molar-refractivity contribution in [3.8, 4) is 5.75 Å². The quantitative estimate of drug-likeness (QED) is 0.882. The van der Waals surface area contributed by atoms with Gasteiger partial charge in [0.1, 0.15) is 5.75 Å². The van der Waals surface area contributed by atoms with Crippen molar-refractivity contribution >= 4 is 5.91 Å². The number of aliphatic hydroxyl groups is 1. The molecular weight excluding hydrogens is 334 g/mol. The van der Waals surface area contributed by atoms with Crippen molar-refractivity contribution in [2.45, 2.75) is 31.6 Å². The van der Waals surface area contributed by atoms with Gasteiger partial charge in [-0.1, -0.05) is 11.2 Å². The van der Waals surface area contributed by atoms with Gasteiger partial charge in [0.15, 0.2) is 5.82 Å². The first-order valence-corrected chi connectivity index (χ1v) is 8.99. The van der Waals surface area contributed by atoms with Crippen molar-refractivity contribution in [2.75, 3.05) is 26.8 Å². The van der Waals surface area contributed by atoms with Crippen LogP contribution in [0.15, 0.2) is 22.7 Å². The zero-order chi connectivity index (χ0) is 18.3. The highest BCUT2D eigenvalue weighted by Gasteiger charge is 2.40. The van der Waals surface area contributed by atoms with Crippen LogP contribution in [0.5, 0.6) is 5.75 Å². The zero-order valence-electron chi connectivity index (χ0n) is 15.0. The van der Waals surface area contributed by atoms with Crippen molar-refractivity contribution < 1.29 is 19.2 Å². The van der Waals surface area contributed by atoms with Crippen molar-refractivity contribution in [3.63, 3.8) is 0 Å². The minimum atomic E-state index is -0.130. The van der Waals surface area contributed by atoms with Crippen LogP contribution in [-0.4, -0.2) is 52.9 Å². The largest absolute Gasteiger partial charge is 0.496 e. The van der Waals surface area contributed by atoms with Crippen LogP contribution >= 0.6 is 0 Å². The number of nitrogens with zero attached hydrogens (tertiary/aromatic N) is 3. The Morgan fingerprint density at radius 2 is 2.19 bits per heavy atom. The molecule has 2 atom stereocenters. The molecule has 1 aromatic heterocycles. The molecule has 2 heterocycles. The molecule has 2 aliphatic rings. The summed E-state index contributed by atoms with van der Waals surface area (Å²) in [6.45, 7) is 2.79. The molecule has 0 radical (unpaired) electrons. The minimum absolute atomic E-state index is 0.0211. The average molecular weight is 357 g/mol. The Balaban J connectivity index is 1.55. The lowest BCUT2D eigenvalue weighted by molar-refractivity contribution is 0.0780. The lowest BCUT2D eigenvalue weighted by Crippen LogP contribution is -2.29. The molecule has 2 unspecified atom stereocenters. The van der Waals surface area contributed by atoms with Gasteiger partial charge in [0.25, 0.3) is 5.91 Å². The monoisotopic (exact) mass is 357 g/mol. The molecule has 26 heavy (non-hydrogen) atoms. The van der Waals surface area contributed by atoms with Crippen LogP contribution in [0.4, 0.5) is 0 Å². The van der Waals surface area contributed by atoms with Crippen LogP contribution in [0.1, 0.15) is 52.3 Å². The molecule has 1 aliphatic carbocycles. The topological polar surface area (TPSA) is 88.7 Å². The van der Waals surface area contributed by atoms with Gasteiger partial charge in [0.05, 0.1) is 13.0 Å². The van der Waals surface area contributed by atoms with Crippen LogP contribution in [0.25, 0.3) is 0 Å². The number of amides is 1. The summed E-state index contributed by atoms with van der Waals surface area (Å²) in [6.07, 6.45) is 2.21. The molecule has 1 saturated heterocycles. The van der Waals surface area contributed by atoms with Crippen LogP contribution < -0.4 is 4.74 Å². The fourth-order valence-corrected chi connectivity index (χ4v) is 3.64. The van der Waals surface area contributed by atoms with Crippen LogP contribution in [0.3, 0.4) is 0 Å². The van der Waals surface area contributed by atoms with E-state index < -0.39 is 0 Å². The Morgan fingerprint density at radius 1 is 1.38 bits per heavy atom.